The fourth-order valence-electron chi connectivity index (χ4n) is 0.961. The van der Waals surface area contributed by atoms with Crippen LogP contribution in [0.5, 0.6) is 0 Å². The third kappa shape index (κ3) is 10.1. The molecule has 0 fully saturated rings. The molecule has 0 spiro atoms. The molecule has 0 saturated carbocycles. The van der Waals surface area contributed by atoms with Crippen molar-refractivity contribution in [1.29, 1.82) is 0 Å². The Hall–Kier alpha value is 0.0534. The minimum absolute atomic E-state index is 0. The third-order valence-corrected chi connectivity index (χ3v) is 1.67. The summed E-state index contributed by atoms with van der Waals surface area (Å²) in [4.78, 5) is 10.6. The van der Waals surface area contributed by atoms with Gasteiger partial charge in [0.1, 0.15) is 0 Å². The summed E-state index contributed by atoms with van der Waals surface area (Å²) in [6.45, 7) is 2.17. The number of unbranched alkanes of at least 4 members (excludes halogenated alkanes) is 4. The normalized spacial score (nSPS) is 8.83. The predicted molar refractivity (Wildman–Crippen MR) is 45.7 cm³/mol. The maximum absolute atomic E-state index is 10.6. The molecule has 3 N–H and O–H groups in total. The van der Waals surface area contributed by atoms with Gasteiger partial charge in [0, 0.05) is 25.9 Å². The summed E-state index contributed by atoms with van der Waals surface area (Å²) >= 11 is 0. The second-order valence-corrected chi connectivity index (χ2v) is 2.73. The van der Waals surface area contributed by atoms with Crippen LogP contribution in [-0.4, -0.2) is 5.91 Å². The van der Waals surface area contributed by atoms with Crippen LogP contribution < -0.4 is 11.3 Å². The van der Waals surface area contributed by atoms with Crippen LogP contribution in [0.2, 0.25) is 0 Å². The maximum Gasteiger partial charge on any atom is 0.233 e. The fraction of sp³-hybridized carbons (Fsp3) is 0.875. The van der Waals surface area contributed by atoms with E-state index in [0.717, 1.165) is 12.8 Å². The van der Waals surface area contributed by atoms with Gasteiger partial charge in [-0.2, -0.15) is 0 Å². The van der Waals surface area contributed by atoms with Crippen LogP contribution in [-0.2, 0) is 24.3 Å². The molecular weight excluding hydrogens is 205 g/mol. The number of nitrogens with one attached hydrogen (secondary N) is 1. The Bertz CT molecular complexity index is 109. The van der Waals surface area contributed by atoms with E-state index in [9.17, 15) is 4.79 Å². The quantitative estimate of drug-likeness (QED) is 0.235. The molecule has 1 amide bonds. The van der Waals surface area contributed by atoms with Gasteiger partial charge in [0.15, 0.2) is 0 Å². The molecule has 12 heavy (non-hydrogen) atoms. The number of carbonyl (C=O) groups excluding carboxylic acids is 1. The average molecular weight is 224 g/mol. The van der Waals surface area contributed by atoms with Crippen molar-refractivity contribution in [2.75, 3.05) is 0 Å². The number of nitrogens with two attached hydrogens (primary N) is 1. The van der Waals surface area contributed by atoms with Gasteiger partial charge in [-0.25, -0.2) is 5.84 Å². The van der Waals surface area contributed by atoms with Crippen molar-refractivity contribution in [1.82, 2.24) is 5.43 Å². The molecule has 0 aliphatic rings. The largest absolute Gasteiger partial charge is 0.294 e. The Morgan fingerprint density at radius 2 is 1.83 bits per heavy atom. The zero-order valence-electron chi connectivity index (χ0n) is 7.94. The van der Waals surface area contributed by atoms with Gasteiger partial charge in [-0.3, -0.25) is 10.2 Å². The van der Waals surface area contributed by atoms with Crippen molar-refractivity contribution in [2.45, 2.75) is 45.4 Å². The standard InChI is InChI=1S/C8H18N2O.Zn/c1-2-3-4-5-6-7-8(11)10-9;/h2-7,9H2,1H3,(H,10,11);. The van der Waals surface area contributed by atoms with E-state index in [-0.39, 0.29) is 25.4 Å². The molecule has 4 heteroatoms. The van der Waals surface area contributed by atoms with E-state index >= 15 is 0 Å². The Labute approximate surface area is 87.2 Å². The van der Waals surface area contributed by atoms with Crippen molar-refractivity contribution in [3.05, 3.63) is 0 Å². The zero-order valence-corrected chi connectivity index (χ0v) is 10.9. The van der Waals surface area contributed by atoms with E-state index in [2.05, 4.69) is 12.3 Å². The summed E-state index contributed by atoms with van der Waals surface area (Å²) in [5.74, 6) is 4.86. The Balaban J connectivity index is 0. The van der Waals surface area contributed by atoms with Crippen LogP contribution in [0.3, 0.4) is 0 Å². The van der Waals surface area contributed by atoms with E-state index in [4.69, 9.17) is 5.84 Å². The van der Waals surface area contributed by atoms with Crippen LogP contribution in [0.25, 0.3) is 0 Å². The van der Waals surface area contributed by atoms with Gasteiger partial charge in [0.05, 0.1) is 0 Å². The van der Waals surface area contributed by atoms with Crippen molar-refractivity contribution >= 4 is 5.91 Å². The number of hydrogen-bond acceptors (Lipinski definition) is 2. The number of carbonyl (C=O) groups is 1. The molecule has 68 valence electrons. The van der Waals surface area contributed by atoms with Gasteiger partial charge >= 0.3 is 0 Å². The van der Waals surface area contributed by atoms with Crippen molar-refractivity contribution in [2.24, 2.45) is 5.84 Å². The SMILES string of the molecule is CCCCCCCC(=O)NN.[Zn]. The predicted octanol–water partition coefficient (Wildman–Crippen LogP) is 1.33. The number of hydrogen-bond donors (Lipinski definition) is 2. The summed E-state index contributed by atoms with van der Waals surface area (Å²) in [6.07, 6.45) is 6.41. The van der Waals surface area contributed by atoms with Gasteiger partial charge in [-0.1, -0.05) is 32.6 Å². The van der Waals surface area contributed by atoms with Gasteiger partial charge in [-0.15, -0.1) is 0 Å². The third-order valence-electron chi connectivity index (χ3n) is 1.67. The number of hydrazine groups is 1. The van der Waals surface area contributed by atoms with E-state index in [1.165, 1.54) is 19.3 Å². The monoisotopic (exact) mass is 222 g/mol. The van der Waals surface area contributed by atoms with Crippen molar-refractivity contribution < 1.29 is 24.3 Å². The fourth-order valence-corrected chi connectivity index (χ4v) is 0.961. The molecular formula is C8H18N2OZn. The first-order chi connectivity index (χ1) is 5.31. The summed E-state index contributed by atoms with van der Waals surface area (Å²) in [5, 5.41) is 0. The Morgan fingerprint density at radius 1 is 1.25 bits per heavy atom. The first-order valence-electron chi connectivity index (χ1n) is 4.30. The van der Waals surface area contributed by atoms with Gasteiger partial charge in [0.25, 0.3) is 0 Å². The van der Waals surface area contributed by atoms with Crippen molar-refractivity contribution in [3.8, 4) is 0 Å². The first kappa shape index (κ1) is 14.6. The van der Waals surface area contributed by atoms with E-state index < -0.39 is 0 Å². The Morgan fingerprint density at radius 3 is 2.33 bits per heavy atom. The molecule has 0 atom stereocenters. The molecule has 0 saturated heterocycles. The number of rotatable bonds is 6. The smallest absolute Gasteiger partial charge is 0.233 e. The molecule has 0 rings (SSSR count). The molecule has 0 bridgehead atoms. The zero-order chi connectivity index (χ0) is 8.53. The molecule has 0 unspecified atom stereocenters. The van der Waals surface area contributed by atoms with E-state index in [1.54, 1.807) is 0 Å². The molecule has 0 aliphatic carbocycles. The minimum atomic E-state index is -0.0542. The summed E-state index contributed by atoms with van der Waals surface area (Å²) in [5.41, 5.74) is 2.12. The Kier molecular flexibility index (Phi) is 13.4. The van der Waals surface area contributed by atoms with Crippen LogP contribution >= 0.6 is 0 Å². The average Bonchev–Trinajstić information content (AvgIpc) is 2.04. The van der Waals surface area contributed by atoms with Crippen molar-refractivity contribution in [3.63, 3.8) is 0 Å². The molecule has 3 nitrogen and oxygen atoms in total. The molecule has 0 aromatic heterocycles. The van der Waals surface area contributed by atoms with E-state index in [1.807, 2.05) is 0 Å². The van der Waals surface area contributed by atoms with Gasteiger partial charge in [0.2, 0.25) is 5.91 Å². The first-order valence-corrected chi connectivity index (χ1v) is 4.30. The molecule has 0 heterocycles. The maximum atomic E-state index is 10.6. The second kappa shape index (κ2) is 11.1. The van der Waals surface area contributed by atoms with Crippen LogP contribution in [0.1, 0.15) is 45.4 Å². The molecule has 0 aromatic carbocycles. The number of amides is 1. The molecule has 0 radical (unpaired) electrons. The van der Waals surface area contributed by atoms with Crippen LogP contribution in [0, 0.1) is 0 Å². The molecule has 0 aliphatic heterocycles. The minimum Gasteiger partial charge on any atom is -0.294 e. The molecule has 0 aromatic rings. The second-order valence-electron chi connectivity index (χ2n) is 2.73. The summed E-state index contributed by atoms with van der Waals surface area (Å²) in [7, 11) is 0. The summed E-state index contributed by atoms with van der Waals surface area (Å²) < 4.78 is 0. The summed E-state index contributed by atoms with van der Waals surface area (Å²) in [6, 6.07) is 0. The topological polar surface area (TPSA) is 55.1 Å². The van der Waals surface area contributed by atoms with E-state index in [0.29, 0.717) is 6.42 Å². The van der Waals surface area contributed by atoms with Crippen LogP contribution in [0.15, 0.2) is 0 Å². The van der Waals surface area contributed by atoms with Gasteiger partial charge < -0.3 is 0 Å². The van der Waals surface area contributed by atoms with Crippen LogP contribution in [0.4, 0.5) is 0 Å². The van der Waals surface area contributed by atoms with Gasteiger partial charge in [-0.05, 0) is 6.42 Å².